The quantitative estimate of drug-likeness (QED) is 0.467. The van der Waals surface area contributed by atoms with E-state index in [1.165, 1.54) is 18.2 Å². The fraction of sp³-hybridized carbons (Fsp3) is 0.182. The van der Waals surface area contributed by atoms with Crippen LogP contribution in [0.5, 0.6) is 0 Å². The third-order valence-corrected chi connectivity index (χ3v) is 5.15. The van der Waals surface area contributed by atoms with Crippen LogP contribution < -0.4 is 16.0 Å². The summed E-state index contributed by atoms with van der Waals surface area (Å²) in [4.78, 5) is 40.3. The second-order valence-corrected chi connectivity index (χ2v) is 7.78. The molecule has 1 heterocycles. The van der Waals surface area contributed by atoms with Crippen LogP contribution in [0.15, 0.2) is 61.2 Å². The summed E-state index contributed by atoms with van der Waals surface area (Å²) >= 11 is 11.8. The van der Waals surface area contributed by atoms with Gasteiger partial charge in [-0.2, -0.15) is 0 Å². The number of carbonyl (C=O) groups excluding carboxylic acids is 3. The van der Waals surface area contributed by atoms with Gasteiger partial charge in [0, 0.05) is 23.1 Å². The molecule has 2 aromatic carbocycles. The molecule has 0 radical (unpaired) electrons. The van der Waals surface area contributed by atoms with Crippen molar-refractivity contribution in [1.82, 2.24) is 25.5 Å². The molecule has 3 amide bonds. The summed E-state index contributed by atoms with van der Waals surface area (Å²) in [5.74, 6) is -1.37. The van der Waals surface area contributed by atoms with E-state index in [4.69, 9.17) is 23.2 Å². The van der Waals surface area contributed by atoms with Crippen molar-refractivity contribution in [2.45, 2.75) is 13.0 Å². The number of amides is 3. The van der Waals surface area contributed by atoms with Crippen LogP contribution in [0.4, 0.5) is 0 Å². The normalized spacial score (nSPS) is 11.5. The van der Waals surface area contributed by atoms with Gasteiger partial charge in [0.15, 0.2) is 0 Å². The van der Waals surface area contributed by atoms with Crippen molar-refractivity contribution < 1.29 is 14.4 Å². The van der Waals surface area contributed by atoms with E-state index in [2.05, 4.69) is 20.9 Å². The van der Waals surface area contributed by atoms with E-state index in [1.54, 1.807) is 12.5 Å². The Balaban J connectivity index is 1.42. The van der Waals surface area contributed by atoms with Crippen LogP contribution >= 0.6 is 23.2 Å². The largest absolute Gasteiger partial charge is 0.348 e. The topological polar surface area (TPSA) is 105 Å². The monoisotopic (exact) mass is 473 g/mol. The third kappa shape index (κ3) is 6.32. The molecule has 0 aliphatic rings. The molecule has 1 aromatic heterocycles. The average Bonchev–Trinajstić information content (AvgIpc) is 3.31. The van der Waals surface area contributed by atoms with Gasteiger partial charge in [0.1, 0.15) is 0 Å². The number of rotatable bonds is 8. The molecule has 8 nitrogen and oxygen atoms in total. The molecule has 1 unspecified atom stereocenters. The highest BCUT2D eigenvalue weighted by Gasteiger charge is 2.14. The molecule has 166 valence electrons. The van der Waals surface area contributed by atoms with E-state index < -0.39 is 11.8 Å². The molecule has 0 saturated carbocycles. The van der Waals surface area contributed by atoms with Crippen LogP contribution in [0, 0.1) is 0 Å². The molecule has 0 spiro atoms. The Morgan fingerprint density at radius 3 is 2.38 bits per heavy atom. The first kappa shape index (κ1) is 23.3. The molecule has 10 heteroatoms. The highest BCUT2D eigenvalue weighted by Crippen LogP contribution is 2.20. The molecule has 0 bridgehead atoms. The highest BCUT2D eigenvalue weighted by molar-refractivity contribution is 6.36. The van der Waals surface area contributed by atoms with E-state index in [0.717, 1.165) is 11.3 Å². The lowest BCUT2D eigenvalue weighted by atomic mass is 10.1. The smallest absolute Gasteiger partial charge is 0.253 e. The number of nitrogens with one attached hydrogen (secondary N) is 3. The summed E-state index contributed by atoms with van der Waals surface area (Å²) in [5.41, 5.74) is 2.08. The zero-order valence-electron chi connectivity index (χ0n) is 17.1. The average molecular weight is 474 g/mol. The van der Waals surface area contributed by atoms with Gasteiger partial charge in [-0.25, -0.2) is 4.98 Å². The van der Waals surface area contributed by atoms with Gasteiger partial charge in [-0.3, -0.25) is 14.4 Å². The van der Waals surface area contributed by atoms with Gasteiger partial charge >= 0.3 is 0 Å². The van der Waals surface area contributed by atoms with Crippen LogP contribution in [0.1, 0.15) is 28.9 Å². The molecule has 0 fully saturated rings. The third-order valence-electron chi connectivity index (χ3n) is 4.60. The van der Waals surface area contributed by atoms with Gasteiger partial charge in [-0.1, -0.05) is 35.3 Å². The summed E-state index contributed by atoms with van der Waals surface area (Å²) in [5, 5.41) is 8.32. The summed E-state index contributed by atoms with van der Waals surface area (Å²) in [7, 11) is 0. The standard InChI is InChI=1S/C22H21Cl2N5O3/c1-14(15-2-5-17(6-3-15)29-9-8-25-13-29)28-21(31)12-26-20(30)11-27-22(32)18-7-4-16(23)10-19(18)24/h2-10,13-14H,11-12H2,1H3,(H,26,30)(H,27,32)(H,28,31). The van der Waals surface area contributed by atoms with E-state index in [0.29, 0.717) is 5.02 Å². The van der Waals surface area contributed by atoms with Gasteiger partial charge in [0.05, 0.1) is 36.0 Å². The van der Waals surface area contributed by atoms with Gasteiger partial charge < -0.3 is 20.5 Å². The SMILES string of the molecule is CC(NC(=O)CNC(=O)CNC(=O)c1ccc(Cl)cc1Cl)c1ccc(-n2ccnc2)cc1. The zero-order chi connectivity index (χ0) is 23.1. The number of aromatic nitrogens is 2. The van der Waals surface area contributed by atoms with Crippen LogP contribution in [0.25, 0.3) is 5.69 Å². The van der Waals surface area contributed by atoms with Crippen LogP contribution in [-0.4, -0.2) is 40.4 Å². The Labute approximate surface area is 194 Å². The Bertz CT molecular complexity index is 1100. The molecule has 1 atom stereocenters. The van der Waals surface area contributed by atoms with E-state index in [-0.39, 0.29) is 35.6 Å². The molecule has 3 N–H and O–H groups in total. The van der Waals surface area contributed by atoms with E-state index >= 15 is 0 Å². The number of imidazole rings is 1. The maximum atomic E-state index is 12.2. The Morgan fingerprint density at radius 2 is 1.72 bits per heavy atom. The number of hydrogen-bond donors (Lipinski definition) is 3. The van der Waals surface area contributed by atoms with Crippen molar-refractivity contribution in [3.63, 3.8) is 0 Å². The molecule has 0 aliphatic heterocycles. The molecular weight excluding hydrogens is 453 g/mol. The first-order valence-corrected chi connectivity index (χ1v) is 10.5. The fourth-order valence-corrected chi connectivity index (χ4v) is 3.39. The number of carbonyl (C=O) groups is 3. The molecule has 0 saturated heterocycles. The second-order valence-electron chi connectivity index (χ2n) is 6.93. The second kappa shape index (κ2) is 10.8. The zero-order valence-corrected chi connectivity index (χ0v) is 18.7. The summed E-state index contributed by atoms with van der Waals surface area (Å²) < 4.78 is 1.88. The van der Waals surface area contributed by atoms with E-state index in [9.17, 15) is 14.4 Å². The lowest BCUT2D eigenvalue weighted by molar-refractivity contribution is -0.125. The Morgan fingerprint density at radius 1 is 1.00 bits per heavy atom. The van der Waals surface area contributed by atoms with E-state index in [1.807, 2.05) is 42.0 Å². The number of halogens is 2. The first-order chi connectivity index (χ1) is 15.3. The van der Waals surface area contributed by atoms with Crippen LogP contribution in [-0.2, 0) is 9.59 Å². The Hall–Kier alpha value is -3.36. The van der Waals surface area contributed by atoms with Gasteiger partial charge in [0.25, 0.3) is 5.91 Å². The fourth-order valence-electron chi connectivity index (χ4n) is 2.89. The van der Waals surface area contributed by atoms with Crippen molar-refractivity contribution in [1.29, 1.82) is 0 Å². The number of hydrogen-bond acceptors (Lipinski definition) is 4. The number of nitrogens with zero attached hydrogens (tertiary/aromatic N) is 2. The molecule has 3 rings (SSSR count). The predicted octanol–water partition coefficient (Wildman–Crippen LogP) is 2.90. The molecule has 32 heavy (non-hydrogen) atoms. The predicted molar refractivity (Wildman–Crippen MR) is 122 cm³/mol. The minimum absolute atomic E-state index is 0.182. The van der Waals surface area contributed by atoms with Crippen molar-refractivity contribution in [3.05, 3.63) is 82.4 Å². The van der Waals surface area contributed by atoms with Gasteiger partial charge in [-0.05, 0) is 42.8 Å². The molecule has 0 aliphatic carbocycles. The summed E-state index contributed by atoms with van der Waals surface area (Å²) in [6.07, 6.45) is 5.24. The van der Waals surface area contributed by atoms with Crippen LogP contribution in [0.2, 0.25) is 10.0 Å². The lowest BCUT2D eigenvalue weighted by Gasteiger charge is -2.15. The maximum absolute atomic E-state index is 12.2. The van der Waals surface area contributed by atoms with Crippen molar-refractivity contribution in [3.8, 4) is 5.69 Å². The summed E-state index contributed by atoms with van der Waals surface area (Å²) in [6, 6.07) is 11.9. The van der Waals surface area contributed by atoms with Crippen molar-refractivity contribution in [2.75, 3.05) is 13.1 Å². The highest BCUT2D eigenvalue weighted by atomic mass is 35.5. The minimum Gasteiger partial charge on any atom is -0.348 e. The molecule has 3 aromatic rings. The number of benzene rings is 2. The van der Waals surface area contributed by atoms with Gasteiger partial charge in [0.2, 0.25) is 11.8 Å². The minimum atomic E-state index is -0.515. The maximum Gasteiger partial charge on any atom is 0.253 e. The van der Waals surface area contributed by atoms with Crippen molar-refractivity contribution in [2.24, 2.45) is 0 Å². The van der Waals surface area contributed by atoms with Gasteiger partial charge in [-0.15, -0.1) is 0 Å². The lowest BCUT2D eigenvalue weighted by Crippen LogP contribution is -2.42. The van der Waals surface area contributed by atoms with Crippen molar-refractivity contribution >= 4 is 40.9 Å². The Kier molecular flexibility index (Phi) is 7.86. The molecular formula is C22H21Cl2N5O3. The van der Waals surface area contributed by atoms with Crippen LogP contribution in [0.3, 0.4) is 0 Å². The summed E-state index contributed by atoms with van der Waals surface area (Å²) in [6.45, 7) is 1.34. The first-order valence-electron chi connectivity index (χ1n) is 9.71.